The molecule has 0 aliphatic carbocycles. The first kappa shape index (κ1) is 24.8. The maximum Gasteiger partial charge on any atom is 0.243 e. The van der Waals surface area contributed by atoms with Gasteiger partial charge in [0.15, 0.2) is 11.5 Å². The van der Waals surface area contributed by atoms with Crippen LogP contribution in [0.4, 0.5) is 5.69 Å². The highest BCUT2D eigenvalue weighted by Crippen LogP contribution is 2.30. The van der Waals surface area contributed by atoms with Gasteiger partial charge in [0.1, 0.15) is 0 Å². The van der Waals surface area contributed by atoms with E-state index >= 15 is 0 Å². The minimum Gasteiger partial charge on any atom is -0.493 e. The maximum absolute atomic E-state index is 13.4. The summed E-state index contributed by atoms with van der Waals surface area (Å²) in [6, 6.07) is 18.8. The van der Waals surface area contributed by atoms with Crippen LogP contribution >= 0.6 is 15.9 Å². The molecule has 0 saturated carbocycles. The van der Waals surface area contributed by atoms with Crippen molar-refractivity contribution in [3.05, 3.63) is 82.3 Å². The van der Waals surface area contributed by atoms with Gasteiger partial charge < -0.3 is 14.8 Å². The normalized spacial score (nSPS) is 11.3. The highest BCUT2D eigenvalue weighted by molar-refractivity contribution is 9.10. The second-order valence-corrected chi connectivity index (χ2v) is 10.2. The molecule has 0 saturated heterocycles. The van der Waals surface area contributed by atoms with Crippen LogP contribution in [-0.4, -0.2) is 39.4 Å². The van der Waals surface area contributed by atoms with E-state index in [-0.39, 0.29) is 18.0 Å². The molecule has 0 aliphatic heterocycles. The summed E-state index contributed by atoms with van der Waals surface area (Å²) in [6.45, 7) is 1.57. The number of carbonyl (C=O) groups excluding carboxylic acids is 1. The van der Waals surface area contributed by atoms with Gasteiger partial charge in [-0.25, -0.2) is 8.42 Å². The highest BCUT2D eigenvalue weighted by atomic mass is 79.9. The number of aryl methyl sites for hydroxylation is 1. The van der Waals surface area contributed by atoms with Crippen molar-refractivity contribution in [2.24, 2.45) is 0 Å². The summed E-state index contributed by atoms with van der Waals surface area (Å²) in [5.74, 6) is 0.499. The van der Waals surface area contributed by atoms with E-state index in [4.69, 9.17) is 9.47 Å². The van der Waals surface area contributed by atoms with E-state index in [1.54, 1.807) is 42.5 Å². The fourth-order valence-corrected chi connectivity index (χ4v) is 4.80. The third kappa shape index (κ3) is 6.34. The van der Waals surface area contributed by atoms with E-state index in [0.717, 1.165) is 19.9 Å². The van der Waals surface area contributed by atoms with Crippen molar-refractivity contribution in [1.29, 1.82) is 0 Å². The van der Waals surface area contributed by atoms with Crippen molar-refractivity contribution >= 4 is 37.5 Å². The van der Waals surface area contributed by atoms with E-state index in [9.17, 15) is 13.2 Å². The van der Waals surface area contributed by atoms with Crippen molar-refractivity contribution in [2.75, 3.05) is 26.1 Å². The van der Waals surface area contributed by atoms with Crippen LogP contribution in [0.5, 0.6) is 11.5 Å². The molecule has 0 radical (unpaired) electrons. The minimum atomic E-state index is -3.92. The van der Waals surface area contributed by atoms with Crippen molar-refractivity contribution in [1.82, 2.24) is 4.31 Å². The molecular weight excluding hydrogens is 508 g/mol. The molecule has 1 amide bonds. The number of rotatable bonds is 9. The molecule has 0 fully saturated rings. The third-order valence-electron chi connectivity index (χ3n) is 4.92. The zero-order valence-electron chi connectivity index (χ0n) is 18.5. The number of sulfonamides is 1. The summed E-state index contributed by atoms with van der Waals surface area (Å²) in [6.07, 6.45) is 0. The van der Waals surface area contributed by atoms with E-state index in [2.05, 4.69) is 21.2 Å². The first-order chi connectivity index (χ1) is 15.7. The molecule has 9 heteroatoms. The first-order valence-electron chi connectivity index (χ1n) is 10.1. The van der Waals surface area contributed by atoms with Crippen LogP contribution in [0.15, 0.2) is 76.1 Å². The minimum absolute atomic E-state index is 0.0445. The van der Waals surface area contributed by atoms with Gasteiger partial charge >= 0.3 is 0 Å². The predicted octanol–water partition coefficient (Wildman–Crippen LogP) is 4.60. The van der Waals surface area contributed by atoms with E-state index in [1.165, 1.54) is 14.2 Å². The lowest BCUT2D eigenvalue weighted by Gasteiger charge is -2.22. The quantitative estimate of drug-likeness (QED) is 0.435. The van der Waals surface area contributed by atoms with Crippen LogP contribution in [0, 0.1) is 6.92 Å². The van der Waals surface area contributed by atoms with Crippen LogP contribution in [-0.2, 0) is 21.4 Å². The molecule has 0 spiro atoms. The van der Waals surface area contributed by atoms with Crippen molar-refractivity contribution in [3.63, 3.8) is 0 Å². The number of carbonyl (C=O) groups is 1. The number of nitrogens with zero attached hydrogens (tertiary/aromatic N) is 1. The number of benzene rings is 3. The third-order valence-corrected chi connectivity index (χ3v) is 7.25. The Balaban J connectivity index is 1.86. The number of hydrogen-bond acceptors (Lipinski definition) is 5. The maximum atomic E-state index is 13.4. The number of nitrogens with one attached hydrogen (secondary N) is 1. The van der Waals surface area contributed by atoms with Crippen LogP contribution in [0.25, 0.3) is 0 Å². The number of methoxy groups -OCH3 is 2. The van der Waals surface area contributed by atoms with Gasteiger partial charge in [-0.3, -0.25) is 4.79 Å². The van der Waals surface area contributed by atoms with Gasteiger partial charge in [-0.05, 0) is 48.9 Å². The predicted molar refractivity (Wildman–Crippen MR) is 131 cm³/mol. The topological polar surface area (TPSA) is 84.9 Å². The molecule has 0 atom stereocenters. The SMILES string of the molecule is COc1ccc(NC(=O)CN(Cc2ccc(Br)cc2)S(=O)(=O)c2ccc(C)cc2)cc1OC. The number of hydrogen-bond donors (Lipinski definition) is 1. The number of anilines is 1. The molecule has 0 unspecified atom stereocenters. The second kappa shape index (κ2) is 10.8. The van der Waals surface area contributed by atoms with E-state index < -0.39 is 15.9 Å². The monoisotopic (exact) mass is 532 g/mol. The molecule has 0 heterocycles. The summed E-state index contributed by atoms with van der Waals surface area (Å²) >= 11 is 3.38. The molecule has 3 rings (SSSR count). The van der Waals surface area contributed by atoms with E-state index in [1.807, 2.05) is 31.2 Å². The Hall–Kier alpha value is -2.88. The van der Waals surface area contributed by atoms with Crippen LogP contribution in [0.3, 0.4) is 0 Å². The van der Waals surface area contributed by atoms with E-state index in [0.29, 0.717) is 17.2 Å². The summed E-state index contributed by atoms with van der Waals surface area (Å²) in [4.78, 5) is 13.0. The lowest BCUT2D eigenvalue weighted by atomic mass is 10.2. The van der Waals surface area contributed by atoms with Gasteiger partial charge in [0.05, 0.1) is 25.7 Å². The zero-order chi connectivity index (χ0) is 24.0. The summed E-state index contributed by atoms with van der Waals surface area (Å²) in [5.41, 5.74) is 2.17. The molecule has 3 aromatic carbocycles. The number of amides is 1. The van der Waals surface area contributed by atoms with Gasteiger partial charge in [0.25, 0.3) is 0 Å². The van der Waals surface area contributed by atoms with Crippen LogP contribution < -0.4 is 14.8 Å². The van der Waals surface area contributed by atoms with Gasteiger partial charge in [-0.15, -0.1) is 0 Å². The van der Waals surface area contributed by atoms with Crippen LogP contribution in [0.1, 0.15) is 11.1 Å². The molecular formula is C24H25BrN2O5S. The van der Waals surface area contributed by atoms with Crippen molar-refractivity contribution in [2.45, 2.75) is 18.4 Å². The number of ether oxygens (including phenoxy) is 2. The lowest BCUT2D eigenvalue weighted by Crippen LogP contribution is -2.37. The number of halogens is 1. The summed E-state index contributed by atoms with van der Waals surface area (Å²) in [7, 11) is -0.903. The average Bonchev–Trinajstić information content (AvgIpc) is 2.80. The molecule has 7 nitrogen and oxygen atoms in total. The Labute approximate surface area is 202 Å². The second-order valence-electron chi connectivity index (χ2n) is 7.33. The Morgan fingerprint density at radius 3 is 2.18 bits per heavy atom. The molecule has 0 aromatic heterocycles. The molecule has 0 aliphatic rings. The molecule has 3 aromatic rings. The smallest absolute Gasteiger partial charge is 0.243 e. The Bertz CT molecular complexity index is 1210. The Kier molecular flexibility index (Phi) is 8.12. The van der Waals surface area contributed by atoms with Gasteiger partial charge in [-0.2, -0.15) is 4.31 Å². The van der Waals surface area contributed by atoms with Gasteiger partial charge in [0.2, 0.25) is 15.9 Å². The standard InChI is InChI=1S/C24H25BrN2O5S/c1-17-4-11-21(12-5-17)33(29,30)27(15-18-6-8-19(25)9-7-18)16-24(28)26-20-10-13-22(31-2)23(14-20)32-3/h4-14H,15-16H2,1-3H3,(H,26,28). The molecule has 33 heavy (non-hydrogen) atoms. The fourth-order valence-electron chi connectivity index (χ4n) is 3.15. The summed E-state index contributed by atoms with van der Waals surface area (Å²) < 4.78 is 39.3. The van der Waals surface area contributed by atoms with Gasteiger partial charge in [0, 0.05) is 22.8 Å². The lowest BCUT2D eigenvalue weighted by molar-refractivity contribution is -0.116. The van der Waals surface area contributed by atoms with Crippen molar-refractivity contribution in [3.8, 4) is 11.5 Å². The Morgan fingerprint density at radius 1 is 0.939 bits per heavy atom. The Morgan fingerprint density at radius 2 is 1.58 bits per heavy atom. The van der Waals surface area contributed by atoms with Crippen LogP contribution in [0.2, 0.25) is 0 Å². The largest absolute Gasteiger partial charge is 0.493 e. The summed E-state index contributed by atoms with van der Waals surface area (Å²) in [5, 5.41) is 2.74. The molecule has 174 valence electrons. The fraction of sp³-hybridized carbons (Fsp3) is 0.208. The van der Waals surface area contributed by atoms with Gasteiger partial charge in [-0.1, -0.05) is 45.8 Å². The molecule has 0 bridgehead atoms. The molecule has 1 N–H and O–H groups in total. The first-order valence-corrected chi connectivity index (χ1v) is 12.3. The highest BCUT2D eigenvalue weighted by Gasteiger charge is 2.27. The van der Waals surface area contributed by atoms with Crippen molar-refractivity contribution < 1.29 is 22.7 Å². The zero-order valence-corrected chi connectivity index (χ0v) is 20.9. The average molecular weight is 533 g/mol.